The van der Waals surface area contributed by atoms with Gasteiger partial charge in [0.15, 0.2) is 0 Å². The molecule has 0 saturated carbocycles. The van der Waals surface area contributed by atoms with Crippen LogP contribution in [0.4, 0.5) is 18.9 Å². The van der Waals surface area contributed by atoms with Crippen LogP contribution in [0.5, 0.6) is 0 Å². The lowest BCUT2D eigenvalue weighted by atomic mass is 10.1. The molecular formula is C24H29ClF3N3O4S. The van der Waals surface area contributed by atoms with Crippen molar-refractivity contribution in [2.75, 3.05) is 17.1 Å². The zero-order valence-corrected chi connectivity index (χ0v) is 21.9. The monoisotopic (exact) mass is 547 g/mol. The van der Waals surface area contributed by atoms with E-state index in [1.807, 2.05) is 6.92 Å². The molecule has 0 heterocycles. The van der Waals surface area contributed by atoms with E-state index in [1.54, 1.807) is 31.2 Å². The van der Waals surface area contributed by atoms with Crippen molar-refractivity contribution in [3.8, 4) is 0 Å². The number of nitrogens with zero attached hydrogens (tertiary/aromatic N) is 2. The maximum atomic E-state index is 13.4. The topological polar surface area (TPSA) is 86.8 Å². The molecule has 2 unspecified atom stereocenters. The molecule has 2 amide bonds. The number of alkyl halides is 3. The van der Waals surface area contributed by atoms with Crippen LogP contribution in [-0.2, 0) is 32.3 Å². The zero-order valence-electron chi connectivity index (χ0n) is 20.3. The lowest BCUT2D eigenvalue weighted by Gasteiger charge is -2.32. The van der Waals surface area contributed by atoms with Gasteiger partial charge in [0.25, 0.3) is 0 Å². The molecule has 2 atom stereocenters. The van der Waals surface area contributed by atoms with Gasteiger partial charge < -0.3 is 10.2 Å². The normalized spacial score (nSPS) is 13.6. The maximum absolute atomic E-state index is 13.4. The number of carbonyl (C=O) groups excluding carboxylic acids is 2. The van der Waals surface area contributed by atoms with E-state index < -0.39 is 46.2 Å². The van der Waals surface area contributed by atoms with Crippen LogP contribution in [0.15, 0.2) is 48.5 Å². The summed E-state index contributed by atoms with van der Waals surface area (Å²) in [5, 5.41) is 3.19. The van der Waals surface area contributed by atoms with Crippen LogP contribution in [0, 0.1) is 0 Å². The smallest absolute Gasteiger partial charge is 0.352 e. The molecule has 7 nitrogen and oxygen atoms in total. The summed E-state index contributed by atoms with van der Waals surface area (Å²) >= 11 is 6.05. The number of sulfonamides is 1. The summed E-state index contributed by atoms with van der Waals surface area (Å²) in [5.74, 6) is -1.23. The molecule has 2 rings (SSSR count). The lowest BCUT2D eigenvalue weighted by Crippen LogP contribution is -2.52. The van der Waals surface area contributed by atoms with Crippen LogP contribution in [-0.4, -0.2) is 50.0 Å². The molecule has 0 fully saturated rings. The second-order valence-electron chi connectivity index (χ2n) is 8.46. The molecule has 0 saturated heterocycles. The number of benzene rings is 2. The summed E-state index contributed by atoms with van der Waals surface area (Å²) < 4.78 is 65.3. The molecule has 0 aliphatic carbocycles. The predicted octanol–water partition coefficient (Wildman–Crippen LogP) is 4.46. The van der Waals surface area contributed by atoms with Crippen molar-refractivity contribution in [2.24, 2.45) is 0 Å². The fraction of sp³-hybridized carbons (Fsp3) is 0.417. The summed E-state index contributed by atoms with van der Waals surface area (Å²) in [7, 11) is -4.16. The highest BCUT2D eigenvalue weighted by molar-refractivity contribution is 7.92. The van der Waals surface area contributed by atoms with Crippen molar-refractivity contribution in [1.29, 1.82) is 0 Å². The van der Waals surface area contributed by atoms with Gasteiger partial charge in [-0.25, -0.2) is 8.42 Å². The third-order valence-corrected chi connectivity index (χ3v) is 6.93. The first-order valence-corrected chi connectivity index (χ1v) is 13.3. The lowest BCUT2D eigenvalue weighted by molar-refractivity contribution is -0.139. The molecule has 0 aliphatic heterocycles. The molecule has 1 N–H and O–H groups in total. The van der Waals surface area contributed by atoms with Crippen molar-refractivity contribution >= 4 is 39.1 Å². The van der Waals surface area contributed by atoms with Gasteiger partial charge in [-0.3, -0.25) is 13.9 Å². The Balaban J connectivity index is 2.44. The largest absolute Gasteiger partial charge is 0.416 e. The zero-order chi connectivity index (χ0) is 27.3. The Labute approximate surface area is 214 Å². The summed E-state index contributed by atoms with van der Waals surface area (Å²) in [5.41, 5.74) is -0.790. The maximum Gasteiger partial charge on any atom is 0.416 e. The molecule has 0 spiro atoms. The predicted molar refractivity (Wildman–Crippen MR) is 133 cm³/mol. The Morgan fingerprint density at radius 3 is 2.28 bits per heavy atom. The average molecular weight is 548 g/mol. The Hall–Kier alpha value is -2.79. The molecule has 0 aromatic heterocycles. The quantitative estimate of drug-likeness (QED) is 0.476. The molecule has 36 heavy (non-hydrogen) atoms. The van der Waals surface area contributed by atoms with Gasteiger partial charge in [-0.05, 0) is 56.2 Å². The first kappa shape index (κ1) is 29.4. The van der Waals surface area contributed by atoms with Crippen molar-refractivity contribution in [3.63, 3.8) is 0 Å². The molecule has 0 radical (unpaired) electrons. The number of nitrogens with one attached hydrogen (secondary N) is 1. The molecule has 198 valence electrons. The van der Waals surface area contributed by atoms with Gasteiger partial charge in [0.1, 0.15) is 12.6 Å². The first-order valence-electron chi connectivity index (χ1n) is 11.1. The van der Waals surface area contributed by atoms with Gasteiger partial charge in [0.2, 0.25) is 21.8 Å². The number of hydrogen-bond donors (Lipinski definition) is 1. The minimum atomic E-state index is -4.70. The SMILES string of the molecule is CCC(C)NC(=O)C(C)N(Cc1cccc(Cl)c1)C(=O)CN(c1cccc(C(F)(F)F)c1)S(C)(=O)=O. The van der Waals surface area contributed by atoms with Gasteiger partial charge in [0, 0.05) is 17.6 Å². The third-order valence-electron chi connectivity index (χ3n) is 5.55. The summed E-state index contributed by atoms with van der Waals surface area (Å²) in [4.78, 5) is 27.4. The van der Waals surface area contributed by atoms with Crippen LogP contribution in [0.1, 0.15) is 38.3 Å². The fourth-order valence-corrected chi connectivity index (χ4v) is 4.39. The van der Waals surface area contributed by atoms with Gasteiger partial charge >= 0.3 is 6.18 Å². The van der Waals surface area contributed by atoms with Crippen molar-refractivity contribution in [3.05, 3.63) is 64.7 Å². The fourth-order valence-electron chi connectivity index (χ4n) is 3.33. The minimum absolute atomic E-state index is 0.0747. The summed E-state index contributed by atoms with van der Waals surface area (Å²) in [6.07, 6.45) is -3.26. The van der Waals surface area contributed by atoms with E-state index in [0.717, 1.165) is 18.4 Å². The summed E-state index contributed by atoms with van der Waals surface area (Å²) in [6.45, 7) is 4.29. The molecule has 12 heteroatoms. The molecule has 2 aromatic carbocycles. The van der Waals surface area contributed by atoms with Crippen LogP contribution in [0.2, 0.25) is 5.02 Å². The minimum Gasteiger partial charge on any atom is -0.352 e. The van der Waals surface area contributed by atoms with E-state index in [4.69, 9.17) is 11.6 Å². The highest BCUT2D eigenvalue weighted by Crippen LogP contribution is 2.32. The Morgan fingerprint density at radius 2 is 1.72 bits per heavy atom. The van der Waals surface area contributed by atoms with E-state index in [-0.39, 0.29) is 18.3 Å². The number of hydrogen-bond acceptors (Lipinski definition) is 4. The summed E-state index contributed by atoms with van der Waals surface area (Å²) in [6, 6.07) is 9.11. The van der Waals surface area contributed by atoms with Gasteiger partial charge in [-0.2, -0.15) is 13.2 Å². The van der Waals surface area contributed by atoms with Crippen LogP contribution in [0.3, 0.4) is 0 Å². The Kier molecular flexibility index (Phi) is 9.78. The second kappa shape index (κ2) is 12.0. The second-order valence-corrected chi connectivity index (χ2v) is 10.8. The molecule has 0 aliphatic rings. The average Bonchev–Trinajstić information content (AvgIpc) is 2.79. The standard InChI is InChI=1S/C24H29ClF3N3O4S/c1-5-16(2)29-23(33)17(3)30(14-18-8-6-10-20(25)12-18)22(32)15-31(36(4,34)35)21-11-7-9-19(13-21)24(26,27)28/h6-13,16-17H,5,14-15H2,1-4H3,(H,29,33). The molecule has 0 bridgehead atoms. The van der Waals surface area contributed by atoms with Gasteiger partial charge in [-0.1, -0.05) is 36.7 Å². The van der Waals surface area contributed by atoms with Gasteiger partial charge in [0.05, 0.1) is 17.5 Å². The molecule has 2 aromatic rings. The van der Waals surface area contributed by atoms with Crippen LogP contribution >= 0.6 is 11.6 Å². The highest BCUT2D eigenvalue weighted by Gasteiger charge is 2.33. The van der Waals surface area contributed by atoms with Gasteiger partial charge in [-0.15, -0.1) is 0 Å². The van der Waals surface area contributed by atoms with E-state index in [2.05, 4.69) is 5.32 Å². The first-order chi connectivity index (χ1) is 16.6. The van der Waals surface area contributed by atoms with Crippen LogP contribution < -0.4 is 9.62 Å². The number of anilines is 1. The Bertz CT molecular complexity index is 1190. The Morgan fingerprint density at radius 1 is 1.08 bits per heavy atom. The highest BCUT2D eigenvalue weighted by atomic mass is 35.5. The number of carbonyl (C=O) groups is 2. The third kappa shape index (κ3) is 8.12. The van der Waals surface area contributed by atoms with Crippen LogP contribution in [0.25, 0.3) is 0 Å². The van der Waals surface area contributed by atoms with Crippen molar-refractivity contribution in [2.45, 2.75) is 52.0 Å². The van der Waals surface area contributed by atoms with E-state index in [1.165, 1.54) is 17.9 Å². The van der Waals surface area contributed by atoms with Crippen molar-refractivity contribution < 1.29 is 31.2 Å². The van der Waals surface area contributed by atoms with E-state index in [9.17, 15) is 31.2 Å². The number of amides is 2. The number of rotatable bonds is 10. The van der Waals surface area contributed by atoms with E-state index >= 15 is 0 Å². The number of halogens is 4. The van der Waals surface area contributed by atoms with Crippen molar-refractivity contribution in [1.82, 2.24) is 10.2 Å². The molecular weight excluding hydrogens is 519 g/mol. The van der Waals surface area contributed by atoms with E-state index in [0.29, 0.717) is 27.4 Å².